The van der Waals surface area contributed by atoms with Crippen LogP contribution in [0.5, 0.6) is 0 Å². The van der Waals surface area contributed by atoms with E-state index in [1.807, 2.05) is 6.07 Å². The minimum Gasteiger partial charge on any atom is -0.330 e. The Morgan fingerprint density at radius 1 is 1.31 bits per heavy atom. The lowest BCUT2D eigenvalue weighted by molar-refractivity contribution is 0.812. The van der Waals surface area contributed by atoms with Gasteiger partial charge in [0.25, 0.3) is 0 Å². The first-order chi connectivity index (χ1) is 7.90. The summed E-state index contributed by atoms with van der Waals surface area (Å²) >= 11 is 3.31. The molecule has 1 atom stereocenters. The molecule has 2 aromatic rings. The molecule has 16 heavy (non-hydrogen) atoms. The number of thioether (sulfide) groups is 1. The minimum atomic E-state index is 0.374. The van der Waals surface area contributed by atoms with E-state index < -0.39 is 0 Å². The van der Waals surface area contributed by atoms with Gasteiger partial charge in [-0.25, -0.2) is 0 Å². The molecule has 0 radical (unpaired) electrons. The summed E-state index contributed by atoms with van der Waals surface area (Å²) in [4.78, 5) is 0. The van der Waals surface area contributed by atoms with E-state index in [0.717, 1.165) is 10.8 Å². The maximum atomic E-state index is 5.65. The zero-order valence-electron chi connectivity index (χ0n) is 8.74. The van der Waals surface area contributed by atoms with Crippen LogP contribution in [0.15, 0.2) is 40.2 Å². The third kappa shape index (κ3) is 3.04. The van der Waals surface area contributed by atoms with Crippen LogP contribution in [0.2, 0.25) is 0 Å². The van der Waals surface area contributed by atoms with Crippen molar-refractivity contribution in [1.29, 1.82) is 0 Å². The van der Waals surface area contributed by atoms with Crippen molar-refractivity contribution >= 4 is 23.1 Å². The van der Waals surface area contributed by atoms with Crippen LogP contribution in [0, 0.1) is 0 Å². The topological polar surface area (TPSA) is 51.8 Å². The van der Waals surface area contributed by atoms with Crippen LogP contribution in [-0.4, -0.2) is 16.7 Å². The first kappa shape index (κ1) is 11.6. The number of nitrogens with zero attached hydrogens (tertiary/aromatic N) is 2. The molecule has 0 aliphatic carbocycles. The van der Waals surface area contributed by atoms with E-state index in [9.17, 15) is 0 Å². The SMILES string of the molecule is NCCC(Sc1nncs1)c1ccccc1. The molecule has 1 aromatic carbocycles. The van der Waals surface area contributed by atoms with Crippen LogP contribution in [0.4, 0.5) is 0 Å². The maximum Gasteiger partial charge on any atom is 0.174 e. The number of nitrogens with two attached hydrogens (primary N) is 1. The molecule has 3 nitrogen and oxygen atoms in total. The summed E-state index contributed by atoms with van der Waals surface area (Å²) in [6, 6.07) is 10.4. The normalized spacial score (nSPS) is 12.6. The van der Waals surface area contributed by atoms with Crippen LogP contribution >= 0.6 is 23.1 Å². The molecule has 5 heteroatoms. The standard InChI is InChI=1S/C11H13N3S2/c12-7-6-10(9-4-2-1-3-5-9)16-11-14-13-8-15-11/h1-5,8,10H,6-7,12H2. The fraction of sp³-hybridized carbons (Fsp3) is 0.273. The monoisotopic (exact) mass is 251 g/mol. The van der Waals surface area contributed by atoms with Gasteiger partial charge in [-0.3, -0.25) is 0 Å². The summed E-state index contributed by atoms with van der Waals surface area (Å²) in [6.07, 6.45) is 0.953. The van der Waals surface area contributed by atoms with Gasteiger partial charge in [0, 0.05) is 5.25 Å². The molecule has 0 fully saturated rings. The summed E-state index contributed by atoms with van der Waals surface area (Å²) in [7, 11) is 0. The van der Waals surface area contributed by atoms with Gasteiger partial charge < -0.3 is 5.73 Å². The second kappa shape index (κ2) is 5.98. The Morgan fingerprint density at radius 2 is 2.12 bits per heavy atom. The second-order valence-electron chi connectivity index (χ2n) is 3.30. The average molecular weight is 251 g/mol. The molecule has 84 valence electrons. The van der Waals surface area contributed by atoms with E-state index in [-0.39, 0.29) is 0 Å². The number of hydrogen-bond acceptors (Lipinski definition) is 5. The molecule has 0 aliphatic heterocycles. The minimum absolute atomic E-state index is 0.374. The summed E-state index contributed by atoms with van der Waals surface area (Å²) < 4.78 is 1.00. The highest BCUT2D eigenvalue weighted by Crippen LogP contribution is 2.37. The van der Waals surface area contributed by atoms with Gasteiger partial charge in [0.2, 0.25) is 0 Å². The lowest BCUT2D eigenvalue weighted by Crippen LogP contribution is -2.04. The molecule has 0 saturated heterocycles. The van der Waals surface area contributed by atoms with E-state index in [0.29, 0.717) is 11.8 Å². The molecular weight excluding hydrogens is 238 g/mol. The molecular formula is C11H13N3S2. The molecule has 0 spiro atoms. The second-order valence-corrected chi connectivity index (χ2v) is 5.58. The number of aromatic nitrogens is 2. The van der Waals surface area contributed by atoms with Gasteiger partial charge in [0.05, 0.1) is 0 Å². The summed E-state index contributed by atoms with van der Waals surface area (Å²) in [5.41, 5.74) is 8.71. The lowest BCUT2D eigenvalue weighted by atomic mass is 10.1. The predicted molar refractivity (Wildman–Crippen MR) is 68.6 cm³/mol. The highest BCUT2D eigenvalue weighted by Gasteiger charge is 2.13. The highest BCUT2D eigenvalue weighted by molar-refractivity contribution is 8.01. The number of benzene rings is 1. The maximum absolute atomic E-state index is 5.65. The first-order valence-corrected chi connectivity index (χ1v) is 6.84. The van der Waals surface area contributed by atoms with Crippen LogP contribution < -0.4 is 5.73 Å². The largest absolute Gasteiger partial charge is 0.330 e. The molecule has 1 aromatic heterocycles. The smallest absolute Gasteiger partial charge is 0.174 e. The van der Waals surface area contributed by atoms with Crippen molar-refractivity contribution in [3.63, 3.8) is 0 Å². The van der Waals surface area contributed by atoms with Crippen molar-refractivity contribution in [3.05, 3.63) is 41.4 Å². The predicted octanol–water partition coefficient (Wildman–Crippen LogP) is 2.72. The zero-order chi connectivity index (χ0) is 11.2. The Balaban J connectivity index is 2.11. The van der Waals surface area contributed by atoms with Gasteiger partial charge in [-0.05, 0) is 18.5 Å². The van der Waals surface area contributed by atoms with Gasteiger partial charge in [0.1, 0.15) is 5.51 Å². The van der Waals surface area contributed by atoms with Gasteiger partial charge in [0.15, 0.2) is 4.34 Å². The fourth-order valence-corrected chi connectivity index (χ4v) is 3.31. The van der Waals surface area contributed by atoms with Crippen LogP contribution in [0.25, 0.3) is 0 Å². The summed E-state index contributed by atoms with van der Waals surface area (Å²) in [6.45, 7) is 0.686. The Bertz CT molecular complexity index is 402. The van der Waals surface area contributed by atoms with E-state index in [1.54, 1.807) is 28.6 Å². The molecule has 2 N–H and O–H groups in total. The van der Waals surface area contributed by atoms with Crippen molar-refractivity contribution in [1.82, 2.24) is 10.2 Å². The van der Waals surface area contributed by atoms with Crippen molar-refractivity contribution in [2.24, 2.45) is 5.73 Å². The summed E-state index contributed by atoms with van der Waals surface area (Å²) in [5.74, 6) is 0. The van der Waals surface area contributed by atoms with Crippen molar-refractivity contribution in [2.45, 2.75) is 16.0 Å². The lowest BCUT2D eigenvalue weighted by Gasteiger charge is -2.13. The first-order valence-electron chi connectivity index (χ1n) is 5.08. The Kier molecular flexibility index (Phi) is 4.33. The van der Waals surface area contributed by atoms with E-state index in [1.165, 1.54) is 5.56 Å². The average Bonchev–Trinajstić information content (AvgIpc) is 2.83. The van der Waals surface area contributed by atoms with Crippen molar-refractivity contribution < 1.29 is 0 Å². The zero-order valence-corrected chi connectivity index (χ0v) is 10.4. The molecule has 1 unspecified atom stereocenters. The molecule has 1 heterocycles. The van der Waals surface area contributed by atoms with E-state index in [2.05, 4.69) is 34.5 Å². The Hall–Kier alpha value is -0.910. The molecule has 0 aliphatic rings. The van der Waals surface area contributed by atoms with E-state index >= 15 is 0 Å². The van der Waals surface area contributed by atoms with Crippen molar-refractivity contribution in [3.8, 4) is 0 Å². The van der Waals surface area contributed by atoms with Crippen molar-refractivity contribution in [2.75, 3.05) is 6.54 Å². The highest BCUT2D eigenvalue weighted by atomic mass is 32.2. The van der Waals surface area contributed by atoms with Gasteiger partial charge in [-0.2, -0.15) is 0 Å². The molecule has 0 saturated carbocycles. The van der Waals surface area contributed by atoms with Crippen LogP contribution in [-0.2, 0) is 0 Å². The van der Waals surface area contributed by atoms with Gasteiger partial charge >= 0.3 is 0 Å². The Morgan fingerprint density at radius 3 is 2.75 bits per heavy atom. The van der Waals surface area contributed by atoms with Gasteiger partial charge in [-0.15, -0.1) is 10.2 Å². The van der Waals surface area contributed by atoms with E-state index in [4.69, 9.17) is 5.73 Å². The number of hydrogen-bond donors (Lipinski definition) is 1. The van der Waals surface area contributed by atoms with Crippen LogP contribution in [0.1, 0.15) is 17.2 Å². The molecule has 0 amide bonds. The van der Waals surface area contributed by atoms with Crippen LogP contribution in [0.3, 0.4) is 0 Å². The molecule has 0 bridgehead atoms. The number of rotatable bonds is 5. The third-order valence-corrected chi connectivity index (χ3v) is 4.32. The quantitative estimate of drug-likeness (QED) is 0.830. The summed E-state index contributed by atoms with van der Waals surface area (Å²) in [5, 5.41) is 8.27. The fourth-order valence-electron chi connectivity index (χ4n) is 1.45. The Labute approximate surface area is 103 Å². The molecule has 2 rings (SSSR count). The van der Waals surface area contributed by atoms with Gasteiger partial charge in [-0.1, -0.05) is 53.4 Å². The third-order valence-electron chi connectivity index (χ3n) is 2.18.